The number of nitrogen functional groups attached to an aromatic ring is 1. The molecule has 20 heavy (non-hydrogen) atoms. The van der Waals surface area contributed by atoms with E-state index in [9.17, 15) is 15.2 Å². The Morgan fingerprint density at radius 1 is 1.65 bits per heavy atom. The van der Waals surface area contributed by atoms with Crippen molar-refractivity contribution in [2.75, 3.05) is 17.6 Å². The zero-order chi connectivity index (χ0) is 14.8. The highest BCUT2D eigenvalue weighted by molar-refractivity contribution is 5.52. The van der Waals surface area contributed by atoms with E-state index < -0.39 is 10.5 Å². The average Bonchev–Trinajstić information content (AvgIpc) is 2.35. The first kappa shape index (κ1) is 14.5. The van der Waals surface area contributed by atoms with Crippen LogP contribution in [0, 0.1) is 16.0 Å². The Morgan fingerprint density at radius 3 is 3.05 bits per heavy atom. The lowest BCUT2D eigenvalue weighted by Gasteiger charge is -2.35. The molecule has 7 heteroatoms. The largest absolute Gasteiger partial charge is 0.388 e. The zero-order valence-electron chi connectivity index (χ0n) is 11.5. The van der Waals surface area contributed by atoms with Crippen LogP contribution in [-0.4, -0.2) is 27.2 Å². The molecule has 0 radical (unpaired) electrons. The molecule has 1 heterocycles. The van der Waals surface area contributed by atoms with E-state index in [4.69, 9.17) is 5.73 Å². The number of hydrogen-bond acceptors (Lipinski definition) is 6. The number of anilines is 2. The monoisotopic (exact) mass is 280 g/mol. The van der Waals surface area contributed by atoms with E-state index in [2.05, 4.69) is 17.2 Å². The molecule has 0 aliphatic heterocycles. The standard InChI is InChI=1S/C13H20N4O3/c1-9-3-2-4-13(18,7-9)8-15-12-6-10(17(19)20)5-11(14)16-12/h5-6,9,18H,2-4,7-8H2,1H3,(H3,14,15,16). The summed E-state index contributed by atoms with van der Waals surface area (Å²) in [5.41, 5.74) is 4.66. The molecular weight excluding hydrogens is 260 g/mol. The second kappa shape index (κ2) is 5.62. The third-order valence-electron chi connectivity index (χ3n) is 3.71. The lowest BCUT2D eigenvalue weighted by atomic mass is 9.79. The Kier molecular flexibility index (Phi) is 4.08. The highest BCUT2D eigenvalue weighted by Gasteiger charge is 2.32. The molecule has 2 atom stereocenters. The lowest BCUT2D eigenvalue weighted by molar-refractivity contribution is -0.384. The zero-order valence-corrected chi connectivity index (χ0v) is 11.5. The molecule has 2 rings (SSSR count). The first-order valence-electron chi connectivity index (χ1n) is 6.76. The van der Waals surface area contributed by atoms with Crippen molar-refractivity contribution in [1.82, 2.24) is 4.98 Å². The number of nitrogens with one attached hydrogen (secondary N) is 1. The van der Waals surface area contributed by atoms with E-state index in [0.717, 1.165) is 25.7 Å². The van der Waals surface area contributed by atoms with E-state index >= 15 is 0 Å². The van der Waals surface area contributed by atoms with Gasteiger partial charge in [0.1, 0.15) is 11.6 Å². The molecule has 1 aliphatic carbocycles. The van der Waals surface area contributed by atoms with Gasteiger partial charge in [0.15, 0.2) is 0 Å². The van der Waals surface area contributed by atoms with Gasteiger partial charge in [0.25, 0.3) is 5.69 Å². The number of hydrogen-bond donors (Lipinski definition) is 3. The number of pyridine rings is 1. The molecule has 4 N–H and O–H groups in total. The fraction of sp³-hybridized carbons (Fsp3) is 0.615. The predicted molar refractivity (Wildman–Crippen MR) is 76.4 cm³/mol. The number of nitrogens with two attached hydrogens (primary N) is 1. The first-order valence-corrected chi connectivity index (χ1v) is 6.76. The molecule has 110 valence electrons. The van der Waals surface area contributed by atoms with Crippen molar-refractivity contribution in [3.8, 4) is 0 Å². The van der Waals surface area contributed by atoms with Crippen LogP contribution in [0.2, 0.25) is 0 Å². The van der Waals surface area contributed by atoms with Crippen molar-refractivity contribution < 1.29 is 10.0 Å². The van der Waals surface area contributed by atoms with Crippen molar-refractivity contribution in [1.29, 1.82) is 0 Å². The average molecular weight is 280 g/mol. The summed E-state index contributed by atoms with van der Waals surface area (Å²) in [6, 6.07) is 2.54. The molecule has 1 aromatic heterocycles. The summed E-state index contributed by atoms with van der Waals surface area (Å²) in [5.74, 6) is 0.896. The van der Waals surface area contributed by atoms with Crippen LogP contribution < -0.4 is 11.1 Å². The fourth-order valence-corrected chi connectivity index (χ4v) is 2.78. The summed E-state index contributed by atoms with van der Waals surface area (Å²) in [6.07, 6.45) is 3.58. The van der Waals surface area contributed by atoms with Crippen molar-refractivity contribution in [3.05, 3.63) is 22.2 Å². The van der Waals surface area contributed by atoms with Gasteiger partial charge in [-0.1, -0.05) is 19.8 Å². The van der Waals surface area contributed by atoms with Gasteiger partial charge in [-0.3, -0.25) is 10.1 Å². The van der Waals surface area contributed by atoms with Gasteiger partial charge < -0.3 is 16.2 Å². The third-order valence-corrected chi connectivity index (χ3v) is 3.71. The first-order chi connectivity index (χ1) is 9.38. The Balaban J connectivity index is 2.05. The molecule has 1 aromatic rings. The number of aliphatic hydroxyl groups is 1. The Bertz CT molecular complexity index is 508. The molecule has 1 aliphatic rings. The van der Waals surface area contributed by atoms with Gasteiger partial charge in [0, 0.05) is 6.54 Å². The molecule has 1 saturated carbocycles. The maximum atomic E-state index is 10.8. The van der Waals surface area contributed by atoms with Gasteiger partial charge in [-0.2, -0.15) is 0 Å². The summed E-state index contributed by atoms with van der Waals surface area (Å²) >= 11 is 0. The fourth-order valence-electron chi connectivity index (χ4n) is 2.78. The highest BCUT2D eigenvalue weighted by atomic mass is 16.6. The molecule has 0 aromatic carbocycles. The minimum absolute atomic E-state index is 0.0886. The van der Waals surface area contributed by atoms with Crippen LogP contribution >= 0.6 is 0 Å². The van der Waals surface area contributed by atoms with E-state index in [-0.39, 0.29) is 11.5 Å². The van der Waals surface area contributed by atoms with Gasteiger partial charge in [-0.25, -0.2) is 4.98 Å². The van der Waals surface area contributed by atoms with E-state index in [1.165, 1.54) is 12.1 Å². The maximum absolute atomic E-state index is 10.8. The summed E-state index contributed by atoms with van der Waals surface area (Å²) in [7, 11) is 0. The Labute approximate surface area is 117 Å². The summed E-state index contributed by atoms with van der Waals surface area (Å²) in [4.78, 5) is 14.3. The summed E-state index contributed by atoms with van der Waals surface area (Å²) < 4.78 is 0. The van der Waals surface area contributed by atoms with Gasteiger partial charge in [-0.05, 0) is 18.8 Å². The van der Waals surface area contributed by atoms with Crippen LogP contribution in [0.15, 0.2) is 12.1 Å². The molecule has 0 amide bonds. The van der Waals surface area contributed by atoms with Gasteiger partial charge in [0.2, 0.25) is 0 Å². The van der Waals surface area contributed by atoms with Crippen molar-refractivity contribution >= 4 is 17.3 Å². The number of nitro groups is 1. The quantitative estimate of drug-likeness (QED) is 0.573. The van der Waals surface area contributed by atoms with Crippen LogP contribution in [0.5, 0.6) is 0 Å². The second-order valence-electron chi connectivity index (χ2n) is 5.67. The second-order valence-corrected chi connectivity index (χ2v) is 5.67. The minimum Gasteiger partial charge on any atom is -0.388 e. The molecule has 0 saturated heterocycles. The van der Waals surface area contributed by atoms with E-state index in [1.807, 2.05) is 0 Å². The molecule has 1 fully saturated rings. The van der Waals surface area contributed by atoms with E-state index in [0.29, 0.717) is 18.3 Å². The lowest BCUT2D eigenvalue weighted by Crippen LogP contribution is -2.41. The normalized spacial score (nSPS) is 26.2. The van der Waals surface area contributed by atoms with Crippen LogP contribution in [0.4, 0.5) is 17.3 Å². The number of aromatic nitrogens is 1. The van der Waals surface area contributed by atoms with Crippen molar-refractivity contribution in [2.45, 2.75) is 38.2 Å². The molecule has 2 unspecified atom stereocenters. The maximum Gasteiger partial charge on any atom is 0.276 e. The SMILES string of the molecule is CC1CCCC(O)(CNc2cc([N+](=O)[O-])cc(N)n2)C1. The Hall–Kier alpha value is -1.89. The number of nitrogens with zero attached hydrogens (tertiary/aromatic N) is 2. The van der Waals surface area contributed by atoms with Gasteiger partial charge >= 0.3 is 0 Å². The predicted octanol–water partition coefficient (Wildman–Crippen LogP) is 1.93. The van der Waals surface area contributed by atoms with E-state index in [1.54, 1.807) is 0 Å². The van der Waals surface area contributed by atoms with Crippen LogP contribution in [-0.2, 0) is 0 Å². The topological polar surface area (TPSA) is 114 Å². The summed E-state index contributed by atoms with van der Waals surface area (Å²) in [6.45, 7) is 2.44. The van der Waals surface area contributed by atoms with Crippen molar-refractivity contribution in [3.63, 3.8) is 0 Å². The Morgan fingerprint density at radius 2 is 2.40 bits per heavy atom. The van der Waals surface area contributed by atoms with Gasteiger partial charge in [-0.15, -0.1) is 0 Å². The molecule has 0 spiro atoms. The molecule has 7 nitrogen and oxygen atoms in total. The van der Waals surface area contributed by atoms with Crippen LogP contribution in [0.25, 0.3) is 0 Å². The van der Waals surface area contributed by atoms with Crippen LogP contribution in [0.3, 0.4) is 0 Å². The molecule has 0 bridgehead atoms. The highest BCUT2D eigenvalue weighted by Crippen LogP contribution is 2.32. The van der Waals surface area contributed by atoms with Crippen LogP contribution in [0.1, 0.15) is 32.6 Å². The smallest absolute Gasteiger partial charge is 0.276 e. The minimum atomic E-state index is -0.779. The number of rotatable bonds is 4. The molecular formula is C13H20N4O3. The summed E-state index contributed by atoms with van der Waals surface area (Å²) in [5, 5.41) is 24.2. The third kappa shape index (κ3) is 3.57. The van der Waals surface area contributed by atoms with Crippen molar-refractivity contribution in [2.24, 2.45) is 5.92 Å². The van der Waals surface area contributed by atoms with Gasteiger partial charge in [0.05, 0.1) is 22.7 Å².